The van der Waals surface area contributed by atoms with E-state index in [2.05, 4.69) is 0 Å². The lowest BCUT2D eigenvalue weighted by atomic mass is 10.1. The van der Waals surface area contributed by atoms with Crippen LogP contribution in [0.25, 0.3) is 0 Å². The Hall–Kier alpha value is -3.29. The minimum absolute atomic E-state index is 0.0231. The van der Waals surface area contributed by atoms with Crippen molar-refractivity contribution in [3.63, 3.8) is 0 Å². The highest BCUT2D eigenvalue weighted by molar-refractivity contribution is 5.95. The SMILES string of the molecule is CN(Cc1ccc2c(c1)OCO2)C(=O)c1ccc(N)c([N+](=O)[O-])c1. The largest absolute Gasteiger partial charge is 0.454 e. The molecule has 0 atom stereocenters. The second kappa shape index (κ2) is 6.07. The number of nitrogen functional groups attached to an aromatic ring is 1. The van der Waals surface area contributed by atoms with Crippen molar-refractivity contribution in [3.8, 4) is 11.5 Å². The molecular formula is C16H15N3O5. The van der Waals surface area contributed by atoms with E-state index in [1.165, 1.54) is 23.1 Å². The smallest absolute Gasteiger partial charge is 0.292 e. The molecule has 0 saturated heterocycles. The van der Waals surface area contributed by atoms with Crippen molar-refractivity contribution in [2.75, 3.05) is 19.6 Å². The fraction of sp³-hybridized carbons (Fsp3) is 0.188. The molecule has 2 aromatic carbocycles. The van der Waals surface area contributed by atoms with Crippen LogP contribution in [0.4, 0.5) is 11.4 Å². The van der Waals surface area contributed by atoms with Crippen LogP contribution in [0.3, 0.4) is 0 Å². The Balaban J connectivity index is 1.77. The zero-order valence-electron chi connectivity index (χ0n) is 12.9. The Labute approximate surface area is 137 Å². The number of fused-ring (bicyclic) bond motifs is 1. The predicted octanol–water partition coefficient (Wildman–Crippen LogP) is 2.18. The fourth-order valence-corrected chi connectivity index (χ4v) is 2.44. The summed E-state index contributed by atoms with van der Waals surface area (Å²) < 4.78 is 10.6. The summed E-state index contributed by atoms with van der Waals surface area (Å²) in [7, 11) is 1.62. The minimum atomic E-state index is -0.607. The van der Waals surface area contributed by atoms with Crippen LogP contribution in [-0.4, -0.2) is 29.6 Å². The molecule has 24 heavy (non-hydrogen) atoms. The average molecular weight is 329 g/mol. The van der Waals surface area contributed by atoms with Crippen molar-refractivity contribution in [2.45, 2.75) is 6.54 Å². The minimum Gasteiger partial charge on any atom is -0.454 e. The quantitative estimate of drug-likeness (QED) is 0.523. The van der Waals surface area contributed by atoms with Crippen molar-refractivity contribution in [1.29, 1.82) is 0 Å². The molecule has 1 heterocycles. The molecule has 0 radical (unpaired) electrons. The van der Waals surface area contributed by atoms with Gasteiger partial charge < -0.3 is 20.1 Å². The molecule has 0 saturated carbocycles. The van der Waals surface area contributed by atoms with Crippen LogP contribution < -0.4 is 15.2 Å². The number of nitro benzene ring substituents is 1. The number of hydrogen-bond donors (Lipinski definition) is 1. The lowest BCUT2D eigenvalue weighted by Gasteiger charge is -2.17. The molecule has 0 bridgehead atoms. The summed E-state index contributed by atoms with van der Waals surface area (Å²) >= 11 is 0. The van der Waals surface area contributed by atoms with Crippen molar-refractivity contribution in [2.24, 2.45) is 0 Å². The van der Waals surface area contributed by atoms with Crippen molar-refractivity contribution in [3.05, 3.63) is 57.6 Å². The van der Waals surface area contributed by atoms with Gasteiger partial charge in [0.15, 0.2) is 11.5 Å². The van der Waals surface area contributed by atoms with Gasteiger partial charge in [0, 0.05) is 25.2 Å². The summed E-state index contributed by atoms with van der Waals surface area (Å²) in [5, 5.41) is 10.9. The fourth-order valence-electron chi connectivity index (χ4n) is 2.44. The number of benzene rings is 2. The van der Waals surface area contributed by atoms with E-state index in [1.54, 1.807) is 19.2 Å². The number of nitrogens with zero attached hydrogens (tertiary/aromatic N) is 2. The second-order valence-corrected chi connectivity index (χ2v) is 5.38. The van der Waals surface area contributed by atoms with Gasteiger partial charge in [-0.3, -0.25) is 14.9 Å². The standard InChI is InChI=1S/C16H15N3O5/c1-18(8-10-2-5-14-15(6-10)24-9-23-14)16(20)11-3-4-12(17)13(7-11)19(21)22/h2-7H,8-9,17H2,1H3. The average Bonchev–Trinajstić information content (AvgIpc) is 3.02. The van der Waals surface area contributed by atoms with E-state index < -0.39 is 4.92 Å². The molecule has 124 valence electrons. The number of nitrogens with two attached hydrogens (primary N) is 1. The highest BCUT2D eigenvalue weighted by Crippen LogP contribution is 2.33. The van der Waals surface area contributed by atoms with E-state index in [0.717, 1.165) is 5.56 Å². The molecule has 0 spiro atoms. The van der Waals surface area contributed by atoms with E-state index in [4.69, 9.17) is 15.2 Å². The molecule has 8 nitrogen and oxygen atoms in total. The molecule has 8 heteroatoms. The summed E-state index contributed by atoms with van der Waals surface area (Å²) in [5.74, 6) is 0.967. The van der Waals surface area contributed by atoms with Gasteiger partial charge in [0.2, 0.25) is 6.79 Å². The third-order valence-electron chi connectivity index (χ3n) is 3.68. The van der Waals surface area contributed by atoms with E-state index in [-0.39, 0.29) is 29.6 Å². The van der Waals surface area contributed by atoms with E-state index in [1.807, 2.05) is 6.07 Å². The third-order valence-corrected chi connectivity index (χ3v) is 3.68. The predicted molar refractivity (Wildman–Crippen MR) is 85.9 cm³/mol. The normalized spacial score (nSPS) is 12.0. The number of amides is 1. The molecule has 1 amide bonds. The summed E-state index contributed by atoms with van der Waals surface area (Å²) in [4.78, 5) is 24.3. The number of nitro groups is 1. The third kappa shape index (κ3) is 2.94. The van der Waals surface area contributed by atoms with Crippen LogP contribution in [0.5, 0.6) is 11.5 Å². The Bertz CT molecular complexity index is 821. The van der Waals surface area contributed by atoms with Crippen LogP contribution >= 0.6 is 0 Å². The first-order valence-corrected chi connectivity index (χ1v) is 7.13. The molecule has 3 rings (SSSR count). The first kappa shape index (κ1) is 15.6. The zero-order chi connectivity index (χ0) is 17.3. The summed E-state index contributed by atoms with van der Waals surface area (Å²) in [6.45, 7) is 0.510. The Morgan fingerprint density at radius 3 is 2.75 bits per heavy atom. The van der Waals surface area contributed by atoms with Crippen molar-refractivity contribution in [1.82, 2.24) is 4.90 Å². The van der Waals surface area contributed by atoms with Crippen LogP contribution in [0, 0.1) is 10.1 Å². The van der Waals surface area contributed by atoms with Crippen LogP contribution in [0.15, 0.2) is 36.4 Å². The molecule has 2 N–H and O–H groups in total. The lowest BCUT2D eigenvalue weighted by Crippen LogP contribution is -2.26. The van der Waals surface area contributed by atoms with Gasteiger partial charge in [0.05, 0.1) is 4.92 Å². The van der Waals surface area contributed by atoms with Gasteiger partial charge in [0.25, 0.3) is 11.6 Å². The summed E-state index contributed by atoms with van der Waals surface area (Å²) in [6, 6.07) is 9.44. The Morgan fingerprint density at radius 2 is 2.00 bits per heavy atom. The van der Waals surface area contributed by atoms with E-state index in [9.17, 15) is 14.9 Å². The second-order valence-electron chi connectivity index (χ2n) is 5.38. The molecular weight excluding hydrogens is 314 g/mol. The maximum atomic E-state index is 12.5. The van der Waals surface area contributed by atoms with Crippen molar-refractivity contribution >= 4 is 17.3 Å². The molecule has 0 aliphatic carbocycles. The maximum absolute atomic E-state index is 12.5. The molecule has 0 unspecified atom stereocenters. The molecule has 0 fully saturated rings. The van der Waals surface area contributed by atoms with E-state index in [0.29, 0.717) is 18.0 Å². The molecule has 1 aliphatic heterocycles. The van der Waals surface area contributed by atoms with Gasteiger partial charge in [-0.1, -0.05) is 6.07 Å². The first-order chi connectivity index (χ1) is 11.5. The molecule has 2 aromatic rings. The number of rotatable bonds is 4. The molecule has 0 aromatic heterocycles. The Kier molecular flexibility index (Phi) is 3.95. The summed E-state index contributed by atoms with van der Waals surface area (Å²) in [6.07, 6.45) is 0. The van der Waals surface area contributed by atoms with Crippen LogP contribution in [0.1, 0.15) is 15.9 Å². The summed E-state index contributed by atoms with van der Waals surface area (Å²) in [5.41, 5.74) is 6.36. The lowest BCUT2D eigenvalue weighted by molar-refractivity contribution is -0.383. The van der Waals surface area contributed by atoms with Gasteiger partial charge in [-0.2, -0.15) is 0 Å². The van der Waals surface area contributed by atoms with E-state index >= 15 is 0 Å². The zero-order valence-corrected chi connectivity index (χ0v) is 12.9. The number of carbonyl (C=O) groups is 1. The Morgan fingerprint density at radius 1 is 1.25 bits per heavy atom. The van der Waals surface area contributed by atoms with Gasteiger partial charge >= 0.3 is 0 Å². The number of anilines is 1. The molecule has 1 aliphatic rings. The number of ether oxygens (including phenoxy) is 2. The van der Waals surface area contributed by atoms with Crippen LogP contribution in [0.2, 0.25) is 0 Å². The number of hydrogen-bond acceptors (Lipinski definition) is 6. The number of carbonyl (C=O) groups excluding carboxylic acids is 1. The van der Waals surface area contributed by atoms with Crippen LogP contribution in [-0.2, 0) is 6.54 Å². The highest BCUT2D eigenvalue weighted by Gasteiger charge is 2.19. The first-order valence-electron chi connectivity index (χ1n) is 7.13. The van der Waals surface area contributed by atoms with Gasteiger partial charge in [0.1, 0.15) is 5.69 Å². The van der Waals surface area contributed by atoms with Crippen molar-refractivity contribution < 1.29 is 19.2 Å². The maximum Gasteiger partial charge on any atom is 0.292 e. The van der Waals surface area contributed by atoms with Gasteiger partial charge in [-0.15, -0.1) is 0 Å². The van der Waals surface area contributed by atoms with Gasteiger partial charge in [-0.05, 0) is 29.8 Å². The van der Waals surface area contributed by atoms with Gasteiger partial charge in [-0.25, -0.2) is 0 Å². The topological polar surface area (TPSA) is 108 Å². The highest BCUT2D eigenvalue weighted by atomic mass is 16.7. The monoisotopic (exact) mass is 329 g/mol.